The lowest BCUT2D eigenvalue weighted by molar-refractivity contribution is -0.137. The van der Waals surface area contributed by atoms with Crippen LogP contribution in [0.2, 0.25) is 0 Å². The van der Waals surface area contributed by atoms with Crippen LogP contribution in [0.1, 0.15) is 17.9 Å². The zero-order valence-corrected chi connectivity index (χ0v) is 12.0. The number of nitrogens with zero attached hydrogens (tertiary/aromatic N) is 2. The highest BCUT2D eigenvalue weighted by Gasteiger charge is 2.08. The SMILES string of the molecule is Cc1cc(-c2ccccc2Br)nc(CCC(=O)O)n1. The van der Waals surface area contributed by atoms with Gasteiger partial charge in [-0.25, -0.2) is 9.97 Å². The summed E-state index contributed by atoms with van der Waals surface area (Å²) >= 11 is 3.49. The minimum Gasteiger partial charge on any atom is -0.481 e. The Kier molecular flexibility index (Phi) is 4.27. The minimum atomic E-state index is -0.840. The Hall–Kier alpha value is -1.75. The molecule has 0 unspecified atom stereocenters. The highest BCUT2D eigenvalue weighted by Crippen LogP contribution is 2.26. The number of halogens is 1. The van der Waals surface area contributed by atoms with Crippen molar-refractivity contribution in [2.45, 2.75) is 19.8 Å². The predicted molar refractivity (Wildman–Crippen MR) is 75.9 cm³/mol. The molecule has 0 radical (unpaired) electrons. The van der Waals surface area contributed by atoms with Crippen molar-refractivity contribution in [1.29, 1.82) is 0 Å². The smallest absolute Gasteiger partial charge is 0.303 e. The lowest BCUT2D eigenvalue weighted by atomic mass is 10.1. The fourth-order valence-corrected chi connectivity index (χ4v) is 2.26. The van der Waals surface area contributed by atoms with E-state index in [4.69, 9.17) is 5.11 Å². The van der Waals surface area contributed by atoms with Crippen molar-refractivity contribution < 1.29 is 9.90 Å². The number of carboxylic acid groups (broad SMARTS) is 1. The zero-order chi connectivity index (χ0) is 13.8. The highest BCUT2D eigenvalue weighted by molar-refractivity contribution is 9.10. The maximum Gasteiger partial charge on any atom is 0.303 e. The van der Waals surface area contributed by atoms with Crippen LogP contribution in [0, 0.1) is 6.92 Å². The second-order valence-corrected chi connectivity index (χ2v) is 5.04. The van der Waals surface area contributed by atoms with E-state index in [1.807, 2.05) is 37.3 Å². The van der Waals surface area contributed by atoms with Crippen LogP contribution in [-0.4, -0.2) is 21.0 Å². The van der Waals surface area contributed by atoms with Crippen molar-refractivity contribution in [3.8, 4) is 11.3 Å². The Balaban J connectivity index is 2.36. The molecule has 98 valence electrons. The molecule has 0 amide bonds. The van der Waals surface area contributed by atoms with Gasteiger partial charge in [-0.3, -0.25) is 4.79 Å². The van der Waals surface area contributed by atoms with Crippen LogP contribution >= 0.6 is 15.9 Å². The number of aromatic nitrogens is 2. The normalized spacial score (nSPS) is 10.4. The summed E-state index contributed by atoms with van der Waals surface area (Å²) < 4.78 is 0.956. The molecule has 0 saturated carbocycles. The molecule has 0 fully saturated rings. The van der Waals surface area contributed by atoms with Gasteiger partial charge in [0.2, 0.25) is 0 Å². The molecule has 0 bridgehead atoms. The average molecular weight is 321 g/mol. The number of carboxylic acids is 1. The van der Waals surface area contributed by atoms with E-state index < -0.39 is 5.97 Å². The van der Waals surface area contributed by atoms with E-state index >= 15 is 0 Å². The number of aryl methyl sites for hydroxylation is 2. The first-order valence-electron chi connectivity index (χ1n) is 5.87. The van der Waals surface area contributed by atoms with Crippen molar-refractivity contribution in [3.63, 3.8) is 0 Å². The maximum atomic E-state index is 10.6. The molecule has 5 heteroatoms. The Morgan fingerprint density at radius 2 is 2.05 bits per heavy atom. The third kappa shape index (κ3) is 3.61. The van der Waals surface area contributed by atoms with Gasteiger partial charge in [-0.2, -0.15) is 0 Å². The number of hydrogen-bond acceptors (Lipinski definition) is 3. The summed E-state index contributed by atoms with van der Waals surface area (Å²) in [5.74, 6) is -0.277. The molecule has 1 aromatic carbocycles. The highest BCUT2D eigenvalue weighted by atomic mass is 79.9. The Morgan fingerprint density at radius 3 is 2.74 bits per heavy atom. The fraction of sp³-hybridized carbons (Fsp3) is 0.214. The van der Waals surface area contributed by atoms with Crippen molar-refractivity contribution in [2.75, 3.05) is 0 Å². The summed E-state index contributed by atoms with van der Waals surface area (Å²) in [7, 11) is 0. The molecule has 2 rings (SSSR count). The van der Waals surface area contributed by atoms with Gasteiger partial charge >= 0.3 is 5.97 Å². The Morgan fingerprint density at radius 1 is 1.32 bits per heavy atom. The molecule has 0 aliphatic rings. The van der Waals surface area contributed by atoms with Gasteiger partial charge in [0.05, 0.1) is 12.1 Å². The lowest BCUT2D eigenvalue weighted by Crippen LogP contribution is -2.03. The van der Waals surface area contributed by atoms with Crippen LogP contribution in [0.25, 0.3) is 11.3 Å². The second kappa shape index (κ2) is 5.93. The molecule has 0 aliphatic carbocycles. The van der Waals surface area contributed by atoms with Crippen molar-refractivity contribution in [2.24, 2.45) is 0 Å². The quantitative estimate of drug-likeness (QED) is 0.939. The second-order valence-electron chi connectivity index (χ2n) is 4.18. The van der Waals surface area contributed by atoms with E-state index in [0.29, 0.717) is 12.2 Å². The fourth-order valence-electron chi connectivity index (χ4n) is 1.77. The van der Waals surface area contributed by atoms with Gasteiger partial charge < -0.3 is 5.11 Å². The molecule has 0 atom stereocenters. The molecule has 1 heterocycles. The van der Waals surface area contributed by atoms with Crippen LogP contribution in [-0.2, 0) is 11.2 Å². The summed E-state index contributed by atoms with van der Waals surface area (Å²) in [6.45, 7) is 1.88. The molecular formula is C14H13BrN2O2. The standard InChI is InChI=1S/C14H13BrN2O2/c1-9-8-12(10-4-2-3-5-11(10)15)17-13(16-9)6-7-14(18)19/h2-5,8H,6-7H2,1H3,(H,18,19). The first kappa shape index (κ1) is 13.7. The maximum absolute atomic E-state index is 10.6. The number of hydrogen-bond donors (Lipinski definition) is 1. The average Bonchev–Trinajstić information content (AvgIpc) is 2.36. The van der Waals surface area contributed by atoms with E-state index in [0.717, 1.165) is 21.4 Å². The molecule has 4 nitrogen and oxygen atoms in total. The van der Waals surface area contributed by atoms with Crippen LogP contribution in [0.4, 0.5) is 0 Å². The van der Waals surface area contributed by atoms with Crippen LogP contribution in [0.3, 0.4) is 0 Å². The van der Waals surface area contributed by atoms with Crippen molar-refractivity contribution in [3.05, 3.63) is 46.3 Å². The molecule has 2 aromatic rings. The number of aliphatic carboxylic acids is 1. The Labute approximate surface area is 119 Å². The predicted octanol–water partition coefficient (Wildman–Crippen LogP) is 3.23. The molecule has 0 aliphatic heterocycles. The van der Waals surface area contributed by atoms with Gasteiger partial charge in [-0.15, -0.1) is 0 Å². The molecule has 0 spiro atoms. The van der Waals surface area contributed by atoms with E-state index in [2.05, 4.69) is 25.9 Å². The molecular weight excluding hydrogens is 308 g/mol. The van der Waals surface area contributed by atoms with E-state index in [1.165, 1.54) is 0 Å². The first-order chi connectivity index (χ1) is 9.06. The number of rotatable bonds is 4. The van der Waals surface area contributed by atoms with Crippen LogP contribution < -0.4 is 0 Å². The number of benzene rings is 1. The number of carbonyl (C=O) groups is 1. The summed E-state index contributed by atoms with van der Waals surface area (Å²) in [5, 5.41) is 8.71. The van der Waals surface area contributed by atoms with Crippen molar-refractivity contribution in [1.82, 2.24) is 9.97 Å². The summed E-state index contributed by atoms with van der Waals surface area (Å²) in [6.07, 6.45) is 0.382. The van der Waals surface area contributed by atoms with E-state index in [1.54, 1.807) is 0 Å². The van der Waals surface area contributed by atoms with Gasteiger partial charge in [0.1, 0.15) is 5.82 Å². The monoisotopic (exact) mass is 320 g/mol. The van der Waals surface area contributed by atoms with Gasteiger partial charge in [0, 0.05) is 22.2 Å². The third-order valence-electron chi connectivity index (χ3n) is 2.61. The molecule has 1 aromatic heterocycles. The Bertz CT molecular complexity index is 614. The summed E-state index contributed by atoms with van der Waals surface area (Å²) in [6, 6.07) is 9.68. The minimum absolute atomic E-state index is 0.0405. The van der Waals surface area contributed by atoms with E-state index in [-0.39, 0.29) is 6.42 Å². The van der Waals surface area contributed by atoms with Gasteiger partial charge in [0.25, 0.3) is 0 Å². The topological polar surface area (TPSA) is 63.1 Å². The molecule has 1 N–H and O–H groups in total. The first-order valence-corrected chi connectivity index (χ1v) is 6.67. The molecule has 0 saturated heterocycles. The zero-order valence-electron chi connectivity index (χ0n) is 10.4. The lowest BCUT2D eigenvalue weighted by Gasteiger charge is -2.07. The molecule has 19 heavy (non-hydrogen) atoms. The van der Waals surface area contributed by atoms with E-state index in [9.17, 15) is 4.79 Å². The van der Waals surface area contributed by atoms with Crippen molar-refractivity contribution >= 4 is 21.9 Å². The summed E-state index contributed by atoms with van der Waals surface area (Å²) in [4.78, 5) is 19.3. The van der Waals surface area contributed by atoms with Gasteiger partial charge in [-0.1, -0.05) is 34.1 Å². The van der Waals surface area contributed by atoms with Gasteiger partial charge in [-0.05, 0) is 19.1 Å². The largest absolute Gasteiger partial charge is 0.481 e. The van der Waals surface area contributed by atoms with Crippen LogP contribution in [0.5, 0.6) is 0 Å². The summed E-state index contributed by atoms with van der Waals surface area (Å²) in [5.41, 5.74) is 2.62. The van der Waals surface area contributed by atoms with Crippen LogP contribution in [0.15, 0.2) is 34.8 Å². The third-order valence-corrected chi connectivity index (χ3v) is 3.30. The van der Waals surface area contributed by atoms with Gasteiger partial charge in [0.15, 0.2) is 0 Å².